The third-order valence-electron chi connectivity index (χ3n) is 4.45. The number of carbonyl (C=O) groups is 1. The van der Waals surface area contributed by atoms with Gasteiger partial charge in [0.2, 0.25) is 5.91 Å². The van der Waals surface area contributed by atoms with E-state index < -0.39 is 11.6 Å². The van der Waals surface area contributed by atoms with Gasteiger partial charge in [-0.3, -0.25) is 4.79 Å². The van der Waals surface area contributed by atoms with Crippen LogP contribution in [0.2, 0.25) is 0 Å². The van der Waals surface area contributed by atoms with E-state index >= 15 is 0 Å². The van der Waals surface area contributed by atoms with Gasteiger partial charge in [-0.15, -0.1) is 0 Å². The van der Waals surface area contributed by atoms with E-state index in [1.165, 1.54) is 6.07 Å². The van der Waals surface area contributed by atoms with E-state index in [-0.39, 0.29) is 18.0 Å². The maximum absolute atomic E-state index is 13.8. The van der Waals surface area contributed by atoms with Crippen molar-refractivity contribution in [2.24, 2.45) is 0 Å². The number of ether oxygens (including phenoxy) is 1. The van der Waals surface area contributed by atoms with Gasteiger partial charge in [0, 0.05) is 31.6 Å². The third kappa shape index (κ3) is 2.98. The first kappa shape index (κ1) is 15.4. The topological polar surface area (TPSA) is 41.6 Å². The maximum Gasteiger partial charge on any atom is 0.224 e. The molecule has 1 saturated heterocycles. The third-order valence-corrected chi connectivity index (χ3v) is 4.45. The number of halogens is 2. The lowest BCUT2D eigenvalue weighted by molar-refractivity contribution is -0.135. The van der Waals surface area contributed by atoms with Crippen LogP contribution in [0.15, 0.2) is 12.1 Å². The van der Waals surface area contributed by atoms with Gasteiger partial charge < -0.3 is 15.0 Å². The van der Waals surface area contributed by atoms with Gasteiger partial charge in [0.1, 0.15) is 11.6 Å². The molecule has 0 aromatic heterocycles. The Kier molecular flexibility index (Phi) is 4.40. The quantitative estimate of drug-likeness (QED) is 0.905. The summed E-state index contributed by atoms with van der Waals surface area (Å²) in [5, 5.41) is 3.25. The fraction of sp³-hybridized carbons (Fsp3) is 0.562. The summed E-state index contributed by atoms with van der Waals surface area (Å²) in [5.74, 6) is -1.12. The normalized spacial score (nSPS) is 25.0. The van der Waals surface area contributed by atoms with E-state index in [1.54, 1.807) is 4.90 Å². The Morgan fingerprint density at radius 1 is 1.45 bits per heavy atom. The first-order chi connectivity index (χ1) is 10.6. The minimum Gasteiger partial charge on any atom is -0.378 e. The number of rotatable bonds is 2. The molecule has 0 radical (unpaired) electrons. The lowest BCUT2D eigenvalue weighted by atomic mass is 9.92. The Bertz CT molecular complexity index is 574. The highest BCUT2D eigenvalue weighted by molar-refractivity contribution is 5.77. The summed E-state index contributed by atoms with van der Waals surface area (Å²) in [5.41, 5.74) is 1.10. The molecule has 3 rings (SSSR count). The zero-order valence-corrected chi connectivity index (χ0v) is 12.6. The highest BCUT2D eigenvalue weighted by Gasteiger charge is 2.31. The van der Waals surface area contributed by atoms with Gasteiger partial charge in [0.05, 0.1) is 19.3 Å². The molecule has 1 aromatic carbocycles. The van der Waals surface area contributed by atoms with Crippen LogP contribution in [0.1, 0.15) is 30.5 Å². The predicted octanol–water partition coefficient (Wildman–Crippen LogP) is 1.79. The molecule has 2 aliphatic rings. The van der Waals surface area contributed by atoms with E-state index in [2.05, 4.69) is 5.32 Å². The molecule has 0 bridgehead atoms. The summed E-state index contributed by atoms with van der Waals surface area (Å²) in [4.78, 5) is 14.2. The first-order valence-corrected chi connectivity index (χ1v) is 7.64. The highest BCUT2D eigenvalue weighted by Crippen LogP contribution is 2.32. The summed E-state index contributed by atoms with van der Waals surface area (Å²) in [6.45, 7) is 4.21. The van der Waals surface area contributed by atoms with Gasteiger partial charge >= 0.3 is 0 Å². The van der Waals surface area contributed by atoms with Crippen LogP contribution >= 0.6 is 0 Å². The van der Waals surface area contributed by atoms with Crippen LogP contribution in [0.3, 0.4) is 0 Å². The van der Waals surface area contributed by atoms with Gasteiger partial charge in [0.15, 0.2) is 0 Å². The minimum atomic E-state index is -0.597. The summed E-state index contributed by atoms with van der Waals surface area (Å²) in [6.07, 6.45) is 0.767. The van der Waals surface area contributed by atoms with Gasteiger partial charge in [-0.1, -0.05) is 0 Å². The Morgan fingerprint density at radius 3 is 3.00 bits per heavy atom. The van der Waals surface area contributed by atoms with E-state index in [4.69, 9.17) is 4.74 Å². The summed E-state index contributed by atoms with van der Waals surface area (Å²) < 4.78 is 32.6. The van der Waals surface area contributed by atoms with Crippen molar-refractivity contribution in [3.63, 3.8) is 0 Å². The van der Waals surface area contributed by atoms with Crippen LogP contribution in [0.5, 0.6) is 0 Å². The van der Waals surface area contributed by atoms with Gasteiger partial charge in [-0.05, 0) is 30.5 Å². The maximum atomic E-state index is 13.8. The van der Waals surface area contributed by atoms with E-state index in [0.717, 1.165) is 12.6 Å². The van der Waals surface area contributed by atoms with Crippen LogP contribution in [0.25, 0.3) is 0 Å². The number of hydrogen-bond donors (Lipinski definition) is 1. The number of carbonyl (C=O) groups excluding carboxylic acids is 1. The van der Waals surface area contributed by atoms with Crippen molar-refractivity contribution < 1.29 is 18.3 Å². The highest BCUT2D eigenvalue weighted by atomic mass is 19.1. The summed E-state index contributed by atoms with van der Waals surface area (Å²) >= 11 is 0. The Hall–Kier alpha value is -1.53. The molecule has 2 atom stereocenters. The average Bonchev–Trinajstić information content (AvgIpc) is 2.49. The van der Waals surface area contributed by atoms with Crippen LogP contribution in [0, 0.1) is 11.6 Å². The Morgan fingerprint density at radius 2 is 2.27 bits per heavy atom. The van der Waals surface area contributed by atoms with E-state index in [0.29, 0.717) is 43.7 Å². The first-order valence-electron chi connectivity index (χ1n) is 7.64. The molecule has 2 aliphatic heterocycles. The number of morpholine rings is 1. The van der Waals surface area contributed by atoms with Gasteiger partial charge in [-0.2, -0.15) is 0 Å². The second-order valence-corrected chi connectivity index (χ2v) is 5.90. The number of fused-ring (bicyclic) bond motifs is 1. The van der Waals surface area contributed by atoms with Crippen LogP contribution < -0.4 is 5.32 Å². The Labute approximate surface area is 128 Å². The molecule has 4 nitrogen and oxygen atoms in total. The molecule has 120 valence electrons. The molecule has 1 N–H and O–H groups in total. The number of nitrogens with zero attached hydrogens (tertiary/aromatic N) is 1. The molecular formula is C16H20F2N2O2. The van der Waals surface area contributed by atoms with Crippen molar-refractivity contribution in [2.45, 2.75) is 31.8 Å². The molecule has 0 aliphatic carbocycles. The zero-order chi connectivity index (χ0) is 15.7. The van der Waals surface area contributed by atoms with Crippen molar-refractivity contribution in [3.8, 4) is 0 Å². The second kappa shape index (κ2) is 6.30. The van der Waals surface area contributed by atoms with Crippen molar-refractivity contribution in [3.05, 3.63) is 34.9 Å². The van der Waals surface area contributed by atoms with Crippen molar-refractivity contribution in [1.29, 1.82) is 0 Å². The van der Waals surface area contributed by atoms with Crippen LogP contribution in [0.4, 0.5) is 8.78 Å². The molecule has 0 unspecified atom stereocenters. The monoisotopic (exact) mass is 310 g/mol. The minimum absolute atomic E-state index is 0.00850. The van der Waals surface area contributed by atoms with Gasteiger partial charge in [-0.25, -0.2) is 8.78 Å². The fourth-order valence-corrected chi connectivity index (χ4v) is 3.27. The number of nitrogens with one attached hydrogen (secondary N) is 1. The van der Waals surface area contributed by atoms with Crippen LogP contribution in [-0.4, -0.2) is 43.2 Å². The van der Waals surface area contributed by atoms with E-state index in [1.807, 2.05) is 6.92 Å². The smallest absolute Gasteiger partial charge is 0.224 e. The largest absolute Gasteiger partial charge is 0.378 e. The second-order valence-electron chi connectivity index (χ2n) is 5.90. The Balaban J connectivity index is 1.74. The predicted molar refractivity (Wildman–Crippen MR) is 77.4 cm³/mol. The van der Waals surface area contributed by atoms with E-state index in [9.17, 15) is 13.6 Å². The summed E-state index contributed by atoms with van der Waals surface area (Å²) in [7, 11) is 0. The van der Waals surface area contributed by atoms with Gasteiger partial charge in [0.25, 0.3) is 0 Å². The molecule has 1 fully saturated rings. The summed E-state index contributed by atoms with van der Waals surface area (Å²) in [6, 6.07) is 1.95. The van der Waals surface area contributed by atoms with Crippen LogP contribution in [-0.2, 0) is 16.0 Å². The zero-order valence-electron chi connectivity index (χ0n) is 12.6. The number of hydrogen-bond acceptors (Lipinski definition) is 3. The SMILES string of the molecule is C[C@H]1c2cc(F)cc(F)c2CCN1C(=O)C[C@@H]1COCCN1. The molecule has 2 heterocycles. The molecule has 0 spiro atoms. The molecule has 1 amide bonds. The average molecular weight is 310 g/mol. The molecular weight excluding hydrogens is 290 g/mol. The molecule has 22 heavy (non-hydrogen) atoms. The molecule has 6 heteroatoms. The number of benzene rings is 1. The fourth-order valence-electron chi connectivity index (χ4n) is 3.27. The standard InChI is InChI=1S/C16H20F2N2O2/c1-10-14-6-11(17)7-15(18)13(14)2-4-20(10)16(21)8-12-9-22-5-3-19-12/h6-7,10,12,19H,2-5,8-9H2,1H3/t10-,12+/m0/s1. The van der Waals surface area contributed by atoms with Crippen molar-refractivity contribution >= 4 is 5.91 Å². The van der Waals surface area contributed by atoms with Crippen molar-refractivity contribution in [1.82, 2.24) is 10.2 Å². The number of amides is 1. The molecule has 1 aromatic rings. The van der Waals surface area contributed by atoms with Crippen molar-refractivity contribution in [2.75, 3.05) is 26.3 Å². The lowest BCUT2D eigenvalue weighted by Crippen LogP contribution is -2.46. The molecule has 0 saturated carbocycles. The lowest BCUT2D eigenvalue weighted by Gasteiger charge is -2.36.